The fourth-order valence-electron chi connectivity index (χ4n) is 1.68. The first-order chi connectivity index (χ1) is 6.18. The molecule has 4 nitrogen and oxygen atoms in total. The second-order valence-electron chi connectivity index (χ2n) is 3.71. The number of nitrogens with one attached hydrogen (secondary N) is 1. The minimum absolute atomic E-state index is 0.0916. The zero-order valence-electron chi connectivity index (χ0n) is 8.12. The van der Waals surface area contributed by atoms with Gasteiger partial charge in [0.1, 0.15) is 0 Å². The lowest BCUT2D eigenvalue weighted by molar-refractivity contribution is -0.136. The first-order valence-electron chi connectivity index (χ1n) is 4.82. The fourth-order valence-corrected chi connectivity index (χ4v) is 1.68. The van der Waals surface area contributed by atoms with E-state index in [1.165, 1.54) is 0 Å². The van der Waals surface area contributed by atoms with Gasteiger partial charge < -0.3 is 15.3 Å². The number of carboxylic acid groups (broad SMARTS) is 1. The summed E-state index contributed by atoms with van der Waals surface area (Å²) in [5, 5.41) is 11.5. The van der Waals surface area contributed by atoms with E-state index in [1.807, 2.05) is 0 Å². The summed E-state index contributed by atoms with van der Waals surface area (Å²) in [4.78, 5) is 12.6. The number of likely N-dealkylation sites (tertiary alicyclic amines) is 1. The number of rotatable bonds is 3. The van der Waals surface area contributed by atoms with Crippen LogP contribution in [0.2, 0.25) is 0 Å². The molecular formula is C9H18N2O2. The number of nitrogens with zero attached hydrogens (tertiary/aromatic N) is 1. The van der Waals surface area contributed by atoms with E-state index in [4.69, 9.17) is 5.11 Å². The Morgan fingerprint density at radius 2 is 2.31 bits per heavy atom. The summed E-state index contributed by atoms with van der Waals surface area (Å²) in [6.07, 6.45) is 3.31. The zero-order valence-corrected chi connectivity index (χ0v) is 8.12. The lowest BCUT2D eigenvalue weighted by Gasteiger charge is -2.15. The van der Waals surface area contributed by atoms with Crippen LogP contribution < -0.4 is 5.32 Å². The third-order valence-corrected chi connectivity index (χ3v) is 2.49. The molecule has 4 heteroatoms. The van der Waals surface area contributed by atoms with Gasteiger partial charge in [-0.05, 0) is 39.4 Å². The monoisotopic (exact) mass is 186 g/mol. The Bertz CT molecular complexity index is 173. The normalized spacial score (nSPS) is 25.5. The van der Waals surface area contributed by atoms with E-state index in [9.17, 15) is 4.79 Å². The Balaban J connectivity index is 2.22. The van der Waals surface area contributed by atoms with Crippen molar-refractivity contribution in [1.82, 2.24) is 10.2 Å². The molecule has 1 heterocycles. The molecular weight excluding hydrogens is 168 g/mol. The SMILES string of the molecule is CN1CCCC(NCC(=O)O)CC1. The molecule has 1 aliphatic heterocycles. The highest BCUT2D eigenvalue weighted by Crippen LogP contribution is 2.08. The molecule has 1 fully saturated rings. The van der Waals surface area contributed by atoms with E-state index in [2.05, 4.69) is 17.3 Å². The van der Waals surface area contributed by atoms with Gasteiger partial charge in [0.25, 0.3) is 0 Å². The number of carboxylic acids is 1. The number of hydrogen-bond acceptors (Lipinski definition) is 3. The van der Waals surface area contributed by atoms with E-state index in [0.717, 1.165) is 32.4 Å². The summed E-state index contributed by atoms with van der Waals surface area (Å²) in [6.45, 7) is 2.29. The Hall–Kier alpha value is -0.610. The van der Waals surface area contributed by atoms with E-state index in [-0.39, 0.29) is 6.54 Å². The van der Waals surface area contributed by atoms with E-state index >= 15 is 0 Å². The maximum atomic E-state index is 10.3. The van der Waals surface area contributed by atoms with Crippen LogP contribution in [0.1, 0.15) is 19.3 Å². The van der Waals surface area contributed by atoms with Gasteiger partial charge in [-0.3, -0.25) is 4.79 Å². The molecule has 0 aromatic rings. The van der Waals surface area contributed by atoms with Gasteiger partial charge in [-0.1, -0.05) is 0 Å². The Morgan fingerprint density at radius 1 is 1.54 bits per heavy atom. The minimum atomic E-state index is -0.766. The third-order valence-electron chi connectivity index (χ3n) is 2.49. The van der Waals surface area contributed by atoms with Crippen molar-refractivity contribution in [3.63, 3.8) is 0 Å². The van der Waals surface area contributed by atoms with Crippen molar-refractivity contribution in [2.24, 2.45) is 0 Å². The van der Waals surface area contributed by atoms with Crippen molar-refractivity contribution >= 4 is 5.97 Å². The van der Waals surface area contributed by atoms with Crippen LogP contribution in [0.25, 0.3) is 0 Å². The second-order valence-corrected chi connectivity index (χ2v) is 3.71. The Morgan fingerprint density at radius 3 is 3.00 bits per heavy atom. The van der Waals surface area contributed by atoms with Crippen molar-refractivity contribution in [1.29, 1.82) is 0 Å². The van der Waals surface area contributed by atoms with Gasteiger partial charge >= 0.3 is 5.97 Å². The smallest absolute Gasteiger partial charge is 0.317 e. The number of hydrogen-bond donors (Lipinski definition) is 2. The molecule has 0 aromatic heterocycles. The first kappa shape index (κ1) is 10.5. The van der Waals surface area contributed by atoms with Gasteiger partial charge in [0.05, 0.1) is 6.54 Å². The van der Waals surface area contributed by atoms with Crippen LogP contribution in [-0.4, -0.2) is 48.7 Å². The average Bonchev–Trinajstić information content (AvgIpc) is 2.27. The molecule has 1 aliphatic rings. The van der Waals surface area contributed by atoms with Crippen LogP contribution in [-0.2, 0) is 4.79 Å². The van der Waals surface area contributed by atoms with Crippen molar-refractivity contribution in [3.05, 3.63) is 0 Å². The highest BCUT2D eigenvalue weighted by molar-refractivity contribution is 5.69. The summed E-state index contributed by atoms with van der Waals surface area (Å²) in [6, 6.07) is 0.390. The van der Waals surface area contributed by atoms with Gasteiger partial charge in [0.15, 0.2) is 0 Å². The zero-order chi connectivity index (χ0) is 9.68. The predicted molar refractivity (Wildman–Crippen MR) is 50.8 cm³/mol. The Labute approximate surface area is 78.9 Å². The van der Waals surface area contributed by atoms with Crippen molar-refractivity contribution < 1.29 is 9.90 Å². The standard InChI is InChI=1S/C9H18N2O2/c1-11-5-2-3-8(4-6-11)10-7-9(12)13/h8,10H,2-7H2,1H3,(H,12,13). The van der Waals surface area contributed by atoms with Crippen LogP contribution in [0.3, 0.4) is 0 Å². The van der Waals surface area contributed by atoms with Crippen LogP contribution >= 0.6 is 0 Å². The second kappa shape index (κ2) is 5.19. The molecule has 2 N–H and O–H groups in total. The average molecular weight is 186 g/mol. The van der Waals surface area contributed by atoms with Crippen LogP contribution in [0.4, 0.5) is 0 Å². The van der Waals surface area contributed by atoms with Crippen LogP contribution in [0.5, 0.6) is 0 Å². The first-order valence-corrected chi connectivity index (χ1v) is 4.82. The summed E-state index contributed by atoms with van der Waals surface area (Å²) >= 11 is 0. The topological polar surface area (TPSA) is 52.6 Å². The third kappa shape index (κ3) is 4.24. The molecule has 0 aliphatic carbocycles. The molecule has 1 atom stereocenters. The highest BCUT2D eigenvalue weighted by atomic mass is 16.4. The van der Waals surface area contributed by atoms with E-state index in [0.29, 0.717) is 6.04 Å². The highest BCUT2D eigenvalue weighted by Gasteiger charge is 2.14. The van der Waals surface area contributed by atoms with Crippen molar-refractivity contribution in [3.8, 4) is 0 Å². The predicted octanol–water partition coefficient (Wildman–Crippen LogP) is 0.145. The van der Waals surface area contributed by atoms with Gasteiger partial charge in [-0.25, -0.2) is 0 Å². The maximum Gasteiger partial charge on any atom is 0.317 e. The summed E-state index contributed by atoms with van der Waals surface area (Å²) < 4.78 is 0. The van der Waals surface area contributed by atoms with E-state index < -0.39 is 5.97 Å². The summed E-state index contributed by atoms with van der Waals surface area (Å²) in [5.74, 6) is -0.766. The molecule has 0 aromatic carbocycles. The Kier molecular flexibility index (Phi) is 4.18. The lowest BCUT2D eigenvalue weighted by atomic mass is 10.1. The largest absolute Gasteiger partial charge is 0.480 e. The molecule has 0 spiro atoms. The molecule has 0 radical (unpaired) electrons. The van der Waals surface area contributed by atoms with Crippen molar-refractivity contribution in [2.75, 3.05) is 26.7 Å². The van der Waals surface area contributed by atoms with Crippen LogP contribution in [0, 0.1) is 0 Å². The number of aliphatic carboxylic acids is 1. The molecule has 76 valence electrons. The van der Waals surface area contributed by atoms with Gasteiger partial charge in [0, 0.05) is 6.04 Å². The summed E-state index contributed by atoms with van der Waals surface area (Å²) in [5.41, 5.74) is 0. The molecule has 0 amide bonds. The molecule has 1 unspecified atom stereocenters. The van der Waals surface area contributed by atoms with Gasteiger partial charge in [-0.2, -0.15) is 0 Å². The minimum Gasteiger partial charge on any atom is -0.480 e. The van der Waals surface area contributed by atoms with Gasteiger partial charge in [0.2, 0.25) is 0 Å². The lowest BCUT2D eigenvalue weighted by Crippen LogP contribution is -2.34. The molecule has 13 heavy (non-hydrogen) atoms. The summed E-state index contributed by atoms with van der Waals surface area (Å²) in [7, 11) is 2.11. The number of carbonyl (C=O) groups is 1. The van der Waals surface area contributed by atoms with E-state index in [1.54, 1.807) is 0 Å². The quantitative estimate of drug-likeness (QED) is 0.658. The van der Waals surface area contributed by atoms with Gasteiger partial charge in [-0.15, -0.1) is 0 Å². The molecule has 0 bridgehead atoms. The maximum absolute atomic E-state index is 10.3. The molecule has 0 saturated carbocycles. The van der Waals surface area contributed by atoms with Crippen LogP contribution in [0.15, 0.2) is 0 Å². The molecule has 1 saturated heterocycles. The molecule has 1 rings (SSSR count). The van der Waals surface area contributed by atoms with Crippen molar-refractivity contribution in [2.45, 2.75) is 25.3 Å². The fraction of sp³-hybridized carbons (Fsp3) is 0.889.